The molecule has 2 heterocycles. The van der Waals surface area contributed by atoms with Crippen LogP contribution < -0.4 is 4.74 Å². The standard InChI is InChI=1S/C15H12ClN3O3S/c16-12-3-5-14(6-4-12)23(20,21)19-9-13(10-19)22-15-11(8-17)2-1-7-18-15/h1-7,13H,9-10H2. The molecule has 1 fully saturated rings. The maximum absolute atomic E-state index is 12.4. The second-order valence-corrected chi connectivity index (χ2v) is 7.36. The summed E-state index contributed by atoms with van der Waals surface area (Å²) in [7, 11) is -3.55. The molecule has 1 aromatic carbocycles. The molecule has 118 valence electrons. The van der Waals surface area contributed by atoms with Crippen LogP contribution in [0.15, 0.2) is 47.5 Å². The third-order valence-electron chi connectivity index (χ3n) is 3.44. The van der Waals surface area contributed by atoms with Gasteiger partial charge in [0.05, 0.1) is 18.0 Å². The van der Waals surface area contributed by atoms with Crippen LogP contribution in [0.25, 0.3) is 0 Å². The van der Waals surface area contributed by atoms with Crippen molar-refractivity contribution in [2.45, 2.75) is 11.0 Å². The molecule has 0 saturated carbocycles. The minimum Gasteiger partial charge on any atom is -0.471 e. The second-order valence-electron chi connectivity index (χ2n) is 4.98. The van der Waals surface area contributed by atoms with Gasteiger partial charge in [-0.3, -0.25) is 0 Å². The van der Waals surface area contributed by atoms with Gasteiger partial charge in [0.1, 0.15) is 17.7 Å². The van der Waals surface area contributed by atoms with Crippen LogP contribution in [-0.4, -0.2) is 36.9 Å². The van der Waals surface area contributed by atoms with Gasteiger partial charge in [-0.1, -0.05) is 11.6 Å². The zero-order valence-corrected chi connectivity index (χ0v) is 13.5. The smallest absolute Gasteiger partial charge is 0.243 e. The van der Waals surface area contributed by atoms with Gasteiger partial charge >= 0.3 is 0 Å². The fraction of sp³-hybridized carbons (Fsp3) is 0.200. The van der Waals surface area contributed by atoms with Crippen molar-refractivity contribution in [3.05, 3.63) is 53.2 Å². The van der Waals surface area contributed by atoms with Gasteiger partial charge in [0, 0.05) is 11.2 Å². The molecule has 3 rings (SSSR count). The Morgan fingerprint density at radius 1 is 1.26 bits per heavy atom. The molecule has 0 radical (unpaired) electrons. The van der Waals surface area contributed by atoms with Crippen molar-refractivity contribution in [1.29, 1.82) is 5.26 Å². The summed E-state index contributed by atoms with van der Waals surface area (Å²) in [5.41, 5.74) is 0.325. The molecule has 1 aliphatic rings. The number of benzene rings is 1. The van der Waals surface area contributed by atoms with Crippen molar-refractivity contribution in [2.75, 3.05) is 13.1 Å². The predicted octanol–water partition coefficient (Wildman–Crippen LogP) is 2.06. The Bertz CT molecular complexity index is 856. The molecule has 2 aromatic rings. The van der Waals surface area contributed by atoms with Gasteiger partial charge in [-0.25, -0.2) is 13.4 Å². The van der Waals surface area contributed by atoms with E-state index in [1.807, 2.05) is 6.07 Å². The van der Waals surface area contributed by atoms with Gasteiger partial charge in [0.15, 0.2) is 0 Å². The van der Waals surface area contributed by atoms with E-state index >= 15 is 0 Å². The van der Waals surface area contributed by atoms with Crippen LogP contribution in [0.3, 0.4) is 0 Å². The van der Waals surface area contributed by atoms with Gasteiger partial charge in [-0.05, 0) is 36.4 Å². The highest BCUT2D eigenvalue weighted by atomic mass is 35.5. The van der Waals surface area contributed by atoms with Crippen molar-refractivity contribution < 1.29 is 13.2 Å². The Hall–Kier alpha value is -2.14. The van der Waals surface area contributed by atoms with Crippen LogP contribution in [0.4, 0.5) is 0 Å². The summed E-state index contributed by atoms with van der Waals surface area (Å²) in [4.78, 5) is 4.19. The second kappa shape index (κ2) is 6.16. The van der Waals surface area contributed by atoms with Gasteiger partial charge in [-0.15, -0.1) is 0 Å². The highest BCUT2D eigenvalue weighted by molar-refractivity contribution is 7.89. The van der Waals surface area contributed by atoms with Crippen molar-refractivity contribution in [3.8, 4) is 11.9 Å². The summed E-state index contributed by atoms with van der Waals surface area (Å²) in [5, 5.41) is 9.47. The van der Waals surface area contributed by atoms with E-state index in [-0.39, 0.29) is 30.0 Å². The zero-order chi connectivity index (χ0) is 16.4. The highest BCUT2D eigenvalue weighted by Gasteiger charge is 2.38. The van der Waals surface area contributed by atoms with E-state index in [1.54, 1.807) is 12.1 Å². The fourth-order valence-corrected chi connectivity index (χ4v) is 3.78. The average Bonchev–Trinajstić information content (AvgIpc) is 2.51. The maximum Gasteiger partial charge on any atom is 0.243 e. The summed E-state index contributed by atoms with van der Waals surface area (Å²) < 4.78 is 31.7. The lowest BCUT2D eigenvalue weighted by Crippen LogP contribution is -2.56. The third-order valence-corrected chi connectivity index (χ3v) is 5.53. The van der Waals surface area contributed by atoms with Crippen molar-refractivity contribution >= 4 is 21.6 Å². The number of sulfonamides is 1. The maximum atomic E-state index is 12.4. The number of halogens is 1. The van der Waals surface area contributed by atoms with Gasteiger partial charge in [0.2, 0.25) is 15.9 Å². The Labute approximate surface area is 138 Å². The molecule has 0 bridgehead atoms. The minimum atomic E-state index is -3.55. The van der Waals surface area contributed by atoms with E-state index in [2.05, 4.69) is 4.98 Å². The molecule has 1 aromatic heterocycles. The molecule has 1 saturated heterocycles. The first-order valence-electron chi connectivity index (χ1n) is 6.78. The first-order valence-corrected chi connectivity index (χ1v) is 8.60. The van der Waals surface area contributed by atoms with E-state index in [0.29, 0.717) is 10.6 Å². The Balaban J connectivity index is 1.67. The lowest BCUT2D eigenvalue weighted by molar-refractivity contribution is 0.0718. The number of ether oxygens (including phenoxy) is 1. The molecular formula is C15H12ClN3O3S. The van der Waals surface area contributed by atoms with Crippen molar-refractivity contribution in [1.82, 2.24) is 9.29 Å². The summed E-state index contributed by atoms with van der Waals surface area (Å²) in [6.45, 7) is 0.429. The fourth-order valence-electron chi connectivity index (χ4n) is 2.15. The van der Waals surface area contributed by atoms with Crippen LogP contribution in [-0.2, 0) is 10.0 Å². The summed E-state index contributed by atoms with van der Waals surface area (Å²) in [6.07, 6.45) is 1.20. The minimum absolute atomic E-state index is 0.191. The van der Waals surface area contributed by atoms with Crippen LogP contribution in [0.1, 0.15) is 5.56 Å². The van der Waals surface area contributed by atoms with E-state index < -0.39 is 10.0 Å². The molecule has 6 nitrogen and oxygen atoms in total. The summed E-state index contributed by atoms with van der Waals surface area (Å²) in [6, 6.07) is 11.2. The normalized spacial score (nSPS) is 15.7. The van der Waals surface area contributed by atoms with Gasteiger partial charge < -0.3 is 4.74 Å². The number of aromatic nitrogens is 1. The number of rotatable bonds is 4. The Morgan fingerprint density at radius 3 is 2.61 bits per heavy atom. The topological polar surface area (TPSA) is 83.3 Å². The van der Waals surface area contributed by atoms with E-state index in [1.165, 1.54) is 34.8 Å². The largest absolute Gasteiger partial charge is 0.471 e. The number of nitriles is 1. The molecular weight excluding hydrogens is 338 g/mol. The monoisotopic (exact) mass is 349 g/mol. The Morgan fingerprint density at radius 2 is 1.96 bits per heavy atom. The molecule has 0 aliphatic carbocycles. The van der Waals surface area contributed by atoms with Crippen LogP contribution >= 0.6 is 11.6 Å². The summed E-state index contributed by atoms with van der Waals surface area (Å²) in [5.74, 6) is 0.226. The van der Waals surface area contributed by atoms with Crippen molar-refractivity contribution in [2.24, 2.45) is 0 Å². The molecule has 0 amide bonds. The number of pyridine rings is 1. The molecule has 0 N–H and O–H groups in total. The average molecular weight is 350 g/mol. The number of nitrogens with zero attached hydrogens (tertiary/aromatic N) is 3. The Kier molecular flexibility index (Phi) is 4.22. The molecule has 0 atom stereocenters. The van der Waals surface area contributed by atoms with E-state index in [9.17, 15) is 8.42 Å². The molecule has 0 unspecified atom stereocenters. The third kappa shape index (κ3) is 3.15. The quantitative estimate of drug-likeness (QED) is 0.843. The molecule has 1 aliphatic heterocycles. The SMILES string of the molecule is N#Cc1cccnc1OC1CN(S(=O)(=O)c2ccc(Cl)cc2)C1. The molecule has 8 heteroatoms. The van der Waals surface area contributed by atoms with Gasteiger partial charge in [-0.2, -0.15) is 9.57 Å². The van der Waals surface area contributed by atoms with Crippen LogP contribution in [0.2, 0.25) is 5.02 Å². The molecule has 23 heavy (non-hydrogen) atoms. The first kappa shape index (κ1) is 15.7. The lowest BCUT2D eigenvalue weighted by atomic mass is 10.2. The highest BCUT2D eigenvalue weighted by Crippen LogP contribution is 2.25. The van der Waals surface area contributed by atoms with E-state index in [4.69, 9.17) is 21.6 Å². The summed E-state index contributed by atoms with van der Waals surface area (Å²) >= 11 is 5.77. The van der Waals surface area contributed by atoms with Crippen LogP contribution in [0, 0.1) is 11.3 Å². The molecule has 0 spiro atoms. The first-order chi connectivity index (χ1) is 11.0. The number of hydrogen-bond donors (Lipinski definition) is 0. The lowest BCUT2D eigenvalue weighted by Gasteiger charge is -2.37. The van der Waals surface area contributed by atoms with E-state index in [0.717, 1.165) is 0 Å². The predicted molar refractivity (Wildman–Crippen MR) is 83.6 cm³/mol. The van der Waals surface area contributed by atoms with Gasteiger partial charge in [0.25, 0.3) is 0 Å². The zero-order valence-electron chi connectivity index (χ0n) is 11.9. The van der Waals surface area contributed by atoms with Crippen molar-refractivity contribution in [3.63, 3.8) is 0 Å². The van der Waals surface area contributed by atoms with Crippen LogP contribution in [0.5, 0.6) is 5.88 Å². The number of hydrogen-bond acceptors (Lipinski definition) is 5.